The van der Waals surface area contributed by atoms with Gasteiger partial charge in [0.2, 0.25) is 0 Å². The van der Waals surface area contributed by atoms with Crippen molar-refractivity contribution in [2.45, 2.75) is 13.1 Å². The smallest absolute Gasteiger partial charge is 0.168 e. The summed E-state index contributed by atoms with van der Waals surface area (Å²) in [6.07, 6.45) is 5.85. The van der Waals surface area contributed by atoms with Crippen LogP contribution in [0.1, 0.15) is 21.9 Å². The highest BCUT2D eigenvalue weighted by molar-refractivity contribution is 9.10. The quantitative estimate of drug-likeness (QED) is 0.376. The summed E-state index contributed by atoms with van der Waals surface area (Å²) >= 11 is 6.57. The van der Waals surface area contributed by atoms with Gasteiger partial charge in [0.15, 0.2) is 6.29 Å². The van der Waals surface area contributed by atoms with Gasteiger partial charge in [0.25, 0.3) is 0 Å². The molecule has 11 nitrogen and oxygen atoms in total. The zero-order valence-corrected chi connectivity index (χ0v) is 27.5. The van der Waals surface area contributed by atoms with Crippen LogP contribution < -0.4 is 11.1 Å². The van der Waals surface area contributed by atoms with Gasteiger partial charge in [-0.3, -0.25) is 29.5 Å². The van der Waals surface area contributed by atoms with E-state index in [1.165, 1.54) is 0 Å². The lowest BCUT2D eigenvalue weighted by molar-refractivity contribution is 0.0336. The molecular weight excluding hydrogens is 682 g/mol. The average Bonchev–Trinajstić information content (AvgIpc) is 3.06. The van der Waals surface area contributed by atoms with Crippen molar-refractivity contribution in [1.82, 2.24) is 30.1 Å². The lowest BCUT2D eigenvalue weighted by Gasteiger charge is -2.26. The Morgan fingerprint density at radius 3 is 1.56 bits per heavy atom. The predicted molar refractivity (Wildman–Crippen MR) is 174 cm³/mol. The number of nitrogens with zero attached hydrogens (tertiary/aromatic N) is 5. The van der Waals surface area contributed by atoms with Gasteiger partial charge in [-0.25, -0.2) is 0 Å². The number of nitrogen functional groups attached to an aromatic ring is 1. The topological polar surface area (TPSA) is 128 Å². The summed E-state index contributed by atoms with van der Waals surface area (Å²) < 4.78 is 17.5. The first-order valence-corrected chi connectivity index (χ1v) is 15.9. The third kappa shape index (κ3) is 15.8. The number of aromatic nitrogens is 3. The second kappa shape index (κ2) is 21.4. The summed E-state index contributed by atoms with van der Waals surface area (Å²) in [4.78, 5) is 27.1. The Balaban J connectivity index is 0.000000164. The minimum Gasteiger partial charge on any atom is -0.397 e. The van der Waals surface area contributed by atoms with E-state index in [9.17, 15) is 4.79 Å². The molecule has 13 heteroatoms. The van der Waals surface area contributed by atoms with Gasteiger partial charge in [0.1, 0.15) is 5.69 Å². The maximum atomic E-state index is 10.0. The Bertz CT molecular complexity index is 1070. The molecule has 0 spiro atoms. The molecule has 0 saturated carbocycles. The van der Waals surface area contributed by atoms with Crippen LogP contribution in [0, 0.1) is 0 Å². The zero-order chi connectivity index (χ0) is 30.5. The maximum absolute atomic E-state index is 10.0. The fraction of sp³-hybridized carbons (Fsp3) is 0.467. The molecule has 0 atom stereocenters. The van der Waals surface area contributed by atoms with Crippen molar-refractivity contribution in [2.24, 2.45) is 0 Å². The molecule has 3 N–H and O–H groups in total. The Morgan fingerprint density at radius 2 is 1.19 bits per heavy atom. The van der Waals surface area contributed by atoms with Crippen LogP contribution in [0.4, 0.5) is 5.69 Å². The van der Waals surface area contributed by atoms with Crippen molar-refractivity contribution >= 4 is 43.8 Å². The molecule has 0 radical (unpaired) electrons. The van der Waals surface area contributed by atoms with Crippen LogP contribution in [0.2, 0.25) is 0 Å². The fourth-order valence-corrected chi connectivity index (χ4v) is 4.45. The van der Waals surface area contributed by atoms with Gasteiger partial charge in [-0.1, -0.05) is 0 Å². The number of hydrogen-bond acceptors (Lipinski definition) is 11. The van der Waals surface area contributed by atoms with E-state index in [2.05, 4.69) is 68.0 Å². The minimum atomic E-state index is 0.457. The molecule has 6 heterocycles. The highest BCUT2D eigenvalue weighted by Gasteiger charge is 2.11. The molecule has 0 aromatic carbocycles. The molecule has 3 aliphatic heterocycles. The normalized spacial score (nSPS) is 17.2. The van der Waals surface area contributed by atoms with Gasteiger partial charge in [-0.15, -0.1) is 0 Å². The van der Waals surface area contributed by atoms with Gasteiger partial charge in [0.05, 0.1) is 62.9 Å². The first-order valence-electron chi connectivity index (χ1n) is 14.3. The molecule has 0 unspecified atom stereocenters. The number of nitrogens with two attached hydrogens (primary N) is 1. The lowest BCUT2D eigenvalue weighted by atomic mass is 10.3. The largest absolute Gasteiger partial charge is 0.397 e. The highest BCUT2D eigenvalue weighted by atomic mass is 79.9. The van der Waals surface area contributed by atoms with E-state index >= 15 is 0 Å². The number of anilines is 1. The van der Waals surface area contributed by atoms with Gasteiger partial charge in [0, 0.05) is 73.7 Å². The monoisotopic (exact) mass is 721 g/mol. The number of aldehydes is 1. The lowest BCUT2D eigenvalue weighted by Crippen LogP contribution is -2.35. The second-order valence-electron chi connectivity index (χ2n) is 9.71. The van der Waals surface area contributed by atoms with Crippen LogP contribution in [0.15, 0.2) is 63.9 Å². The van der Waals surface area contributed by atoms with Gasteiger partial charge in [-0.05, 0) is 68.3 Å². The Kier molecular flexibility index (Phi) is 17.4. The number of nitrogens with one attached hydrogen (secondary N) is 1. The molecule has 3 aromatic heterocycles. The summed E-state index contributed by atoms with van der Waals surface area (Å²) in [5.74, 6) is 0. The van der Waals surface area contributed by atoms with Gasteiger partial charge < -0.3 is 25.3 Å². The van der Waals surface area contributed by atoms with Crippen molar-refractivity contribution in [3.63, 3.8) is 0 Å². The Hall–Kier alpha value is -2.36. The molecule has 234 valence electrons. The fourth-order valence-electron chi connectivity index (χ4n) is 3.98. The van der Waals surface area contributed by atoms with Crippen LogP contribution in [-0.4, -0.2) is 110 Å². The average molecular weight is 724 g/mol. The second-order valence-corrected chi connectivity index (χ2v) is 11.5. The van der Waals surface area contributed by atoms with Crippen LogP contribution in [0.5, 0.6) is 0 Å². The van der Waals surface area contributed by atoms with Crippen LogP contribution in [0.3, 0.4) is 0 Å². The third-order valence-corrected chi connectivity index (χ3v) is 7.27. The van der Waals surface area contributed by atoms with E-state index in [1.807, 2.05) is 24.4 Å². The van der Waals surface area contributed by atoms with Crippen molar-refractivity contribution in [3.8, 4) is 0 Å². The molecule has 3 saturated heterocycles. The van der Waals surface area contributed by atoms with Crippen molar-refractivity contribution in [2.75, 3.05) is 84.6 Å². The Morgan fingerprint density at radius 1 is 0.698 bits per heavy atom. The minimum absolute atomic E-state index is 0.457. The van der Waals surface area contributed by atoms with Crippen LogP contribution >= 0.6 is 31.9 Å². The standard InChI is InChI=1S/C10H13BrN2O.C10H15N3O.C6H4BrNO.C4H9NO/c2*11-9-1-2-10(12-7-9)8-13-3-5-14-6-4-13;7-5-1-2-6(4-9)8-3-5;1-3-6-4-2-5-1/h1-2,7H,3-6,8H2;1-2,7H,3-6,8,11H2;1-4H;5H,1-4H2. The first-order chi connectivity index (χ1) is 21.0. The summed E-state index contributed by atoms with van der Waals surface area (Å²) in [5.41, 5.74) is 8.93. The summed E-state index contributed by atoms with van der Waals surface area (Å²) in [7, 11) is 0. The van der Waals surface area contributed by atoms with Crippen LogP contribution in [-0.2, 0) is 27.3 Å². The van der Waals surface area contributed by atoms with E-state index in [4.69, 9.17) is 19.9 Å². The molecule has 0 bridgehead atoms. The summed E-state index contributed by atoms with van der Waals surface area (Å²) in [5, 5.41) is 3.16. The van der Waals surface area contributed by atoms with Crippen molar-refractivity contribution in [3.05, 3.63) is 81.0 Å². The molecule has 3 aromatic rings. The molecular formula is C30H41Br2N7O4. The van der Waals surface area contributed by atoms with E-state index in [-0.39, 0.29) is 0 Å². The maximum Gasteiger partial charge on any atom is 0.168 e. The number of carbonyl (C=O) groups is 1. The van der Waals surface area contributed by atoms with Gasteiger partial charge >= 0.3 is 0 Å². The molecule has 0 aliphatic carbocycles. The number of morpholine rings is 3. The summed E-state index contributed by atoms with van der Waals surface area (Å²) in [6, 6.07) is 11.4. The molecule has 3 fully saturated rings. The van der Waals surface area contributed by atoms with E-state index in [0.717, 1.165) is 118 Å². The van der Waals surface area contributed by atoms with E-state index < -0.39 is 0 Å². The number of carbonyl (C=O) groups excluding carboxylic acids is 1. The molecule has 43 heavy (non-hydrogen) atoms. The molecule has 3 aliphatic rings. The molecule has 6 rings (SSSR count). The van der Waals surface area contributed by atoms with Crippen molar-refractivity contribution in [1.29, 1.82) is 0 Å². The van der Waals surface area contributed by atoms with E-state index in [1.54, 1.807) is 24.5 Å². The number of pyridine rings is 3. The number of rotatable bonds is 5. The summed E-state index contributed by atoms with van der Waals surface area (Å²) in [6.45, 7) is 13.0. The predicted octanol–water partition coefficient (Wildman–Crippen LogP) is 3.44. The molecule has 0 amide bonds. The zero-order valence-electron chi connectivity index (χ0n) is 24.4. The van der Waals surface area contributed by atoms with Crippen LogP contribution in [0.25, 0.3) is 0 Å². The first kappa shape index (κ1) is 35.1. The number of hydrogen-bond donors (Lipinski definition) is 2. The third-order valence-electron chi connectivity index (χ3n) is 6.33. The van der Waals surface area contributed by atoms with Crippen molar-refractivity contribution < 1.29 is 19.0 Å². The van der Waals surface area contributed by atoms with E-state index in [0.29, 0.717) is 12.0 Å². The van der Waals surface area contributed by atoms with Gasteiger partial charge in [-0.2, -0.15) is 0 Å². The SMILES string of the molecule is Brc1ccc(CN2CCOCC2)nc1.C1COCCN1.Nc1ccc(CN2CCOCC2)nc1.O=Cc1ccc(Br)cn1. The Labute approximate surface area is 270 Å². The number of halogens is 2. The number of ether oxygens (including phenoxy) is 3. The highest BCUT2D eigenvalue weighted by Crippen LogP contribution is 2.10.